The molecule has 8 nitrogen and oxygen atoms in total. The number of carbonyl (C=O) groups is 2. The molecular weight excluding hydrogens is 512 g/mol. The fraction of sp³-hybridized carbons (Fsp3) is 0.233. The molecule has 1 aliphatic rings. The first-order valence-electron chi connectivity index (χ1n) is 12.5. The van der Waals surface area contributed by atoms with Crippen LogP contribution in [0.25, 0.3) is 10.8 Å². The topological polar surface area (TPSA) is 94.0 Å². The summed E-state index contributed by atoms with van der Waals surface area (Å²) in [5.74, 6) is -0.184. The van der Waals surface area contributed by atoms with Crippen molar-refractivity contribution in [2.45, 2.75) is 31.5 Å². The second kappa shape index (κ2) is 11.7. The highest BCUT2D eigenvalue weighted by atomic mass is 32.2. The zero-order chi connectivity index (χ0) is 27.4. The number of thioether (sulfide) groups is 1. The molecule has 198 valence electrons. The van der Waals surface area contributed by atoms with E-state index in [9.17, 15) is 9.59 Å². The molecule has 1 aromatic heterocycles. The van der Waals surface area contributed by atoms with Gasteiger partial charge in [-0.15, -0.1) is 0 Å². The van der Waals surface area contributed by atoms with E-state index in [2.05, 4.69) is 34.2 Å². The fourth-order valence-electron chi connectivity index (χ4n) is 4.50. The molecule has 9 heteroatoms. The third-order valence-electron chi connectivity index (χ3n) is 6.39. The number of methoxy groups -OCH3 is 1. The Bertz CT molecular complexity index is 1530. The number of hydrogen-bond donors (Lipinski definition) is 0. The predicted molar refractivity (Wildman–Crippen MR) is 151 cm³/mol. The molecule has 5 rings (SSSR count). The third kappa shape index (κ3) is 6.26. The number of carbonyl (C=O) groups excluding carboxylic acids is 2. The summed E-state index contributed by atoms with van der Waals surface area (Å²) in [5, 5.41) is 8.87. The lowest BCUT2D eigenvalue weighted by atomic mass is 9.97. The van der Waals surface area contributed by atoms with Crippen molar-refractivity contribution in [2.24, 2.45) is 5.10 Å². The molecular formula is C30H28N4O4S. The number of nitrogens with zero attached hydrogens (tertiary/aromatic N) is 4. The Hall–Kier alpha value is -4.24. The Morgan fingerprint density at radius 1 is 0.949 bits per heavy atom. The Kier molecular flexibility index (Phi) is 7.88. The van der Waals surface area contributed by atoms with Gasteiger partial charge in [-0.1, -0.05) is 60.3 Å². The first kappa shape index (κ1) is 26.4. The number of benzene rings is 3. The molecule has 0 unspecified atom stereocenters. The van der Waals surface area contributed by atoms with Gasteiger partial charge in [-0.05, 0) is 60.0 Å². The van der Waals surface area contributed by atoms with Crippen molar-refractivity contribution in [1.29, 1.82) is 0 Å². The summed E-state index contributed by atoms with van der Waals surface area (Å²) in [6.45, 7) is 3.34. The second-order valence-electron chi connectivity index (χ2n) is 9.22. The lowest BCUT2D eigenvalue weighted by molar-refractivity contribution is -0.150. The first-order chi connectivity index (χ1) is 18.9. The average molecular weight is 541 g/mol. The summed E-state index contributed by atoms with van der Waals surface area (Å²) < 4.78 is 10.6. The maximum absolute atomic E-state index is 13.3. The minimum atomic E-state index is -0.518. The van der Waals surface area contributed by atoms with E-state index >= 15 is 0 Å². The van der Waals surface area contributed by atoms with E-state index in [0.29, 0.717) is 11.6 Å². The maximum atomic E-state index is 13.3. The van der Waals surface area contributed by atoms with Crippen LogP contribution in [-0.2, 0) is 14.3 Å². The molecule has 1 amide bonds. The summed E-state index contributed by atoms with van der Waals surface area (Å²) >= 11 is 1.18. The van der Waals surface area contributed by atoms with Gasteiger partial charge in [0.2, 0.25) is 0 Å². The number of hydrazone groups is 1. The van der Waals surface area contributed by atoms with E-state index in [1.54, 1.807) is 7.11 Å². The van der Waals surface area contributed by atoms with Gasteiger partial charge >= 0.3 is 5.97 Å². The van der Waals surface area contributed by atoms with Crippen LogP contribution in [0.2, 0.25) is 0 Å². The van der Waals surface area contributed by atoms with Crippen molar-refractivity contribution in [2.75, 3.05) is 19.5 Å². The molecule has 1 aliphatic heterocycles. The summed E-state index contributed by atoms with van der Waals surface area (Å²) in [5.41, 5.74) is 4.31. The quantitative estimate of drug-likeness (QED) is 0.171. The second-order valence-corrected chi connectivity index (χ2v) is 10.2. The van der Waals surface area contributed by atoms with Crippen LogP contribution in [0.15, 0.2) is 83.1 Å². The standard InChI is InChI=1S/C30H28N4O4S/c1-19-14-20(2)32-30(31-19)39-18-29(36)38-17-28(35)34-27(22-10-12-25(37-3)13-11-22)16-26(33-34)24-9-8-21-6-4-5-7-23(21)15-24/h4-15,27H,16-18H2,1-3H3/t27-/m0/s1. The number of aromatic nitrogens is 2. The number of esters is 1. The van der Waals surface area contributed by atoms with E-state index in [1.807, 2.05) is 62.4 Å². The number of hydrogen-bond acceptors (Lipinski definition) is 8. The van der Waals surface area contributed by atoms with Crippen LogP contribution >= 0.6 is 11.8 Å². The van der Waals surface area contributed by atoms with E-state index in [4.69, 9.17) is 14.6 Å². The Morgan fingerprint density at radius 3 is 2.38 bits per heavy atom. The van der Waals surface area contributed by atoms with Crippen LogP contribution in [0, 0.1) is 13.8 Å². The molecule has 1 atom stereocenters. The van der Waals surface area contributed by atoms with Gasteiger partial charge in [0.05, 0.1) is 24.6 Å². The molecule has 0 saturated heterocycles. The van der Waals surface area contributed by atoms with Crippen LogP contribution in [0.1, 0.15) is 35.0 Å². The molecule has 4 aromatic rings. The minimum absolute atomic E-state index is 0.00366. The Balaban J connectivity index is 1.31. The van der Waals surface area contributed by atoms with Crippen LogP contribution in [-0.4, -0.2) is 52.0 Å². The van der Waals surface area contributed by atoms with Crippen molar-refractivity contribution in [3.05, 3.63) is 95.3 Å². The molecule has 2 heterocycles. The van der Waals surface area contributed by atoms with Gasteiger partial charge in [0, 0.05) is 17.8 Å². The highest BCUT2D eigenvalue weighted by molar-refractivity contribution is 7.99. The normalized spacial score (nSPS) is 14.8. The molecule has 3 aromatic carbocycles. The van der Waals surface area contributed by atoms with Crippen molar-refractivity contribution >= 4 is 40.1 Å². The van der Waals surface area contributed by atoms with Gasteiger partial charge in [0.25, 0.3) is 5.91 Å². The molecule has 39 heavy (non-hydrogen) atoms. The summed E-state index contributed by atoms with van der Waals surface area (Å²) in [7, 11) is 1.61. The van der Waals surface area contributed by atoms with Crippen LogP contribution in [0.4, 0.5) is 0 Å². The highest BCUT2D eigenvalue weighted by Gasteiger charge is 2.33. The zero-order valence-electron chi connectivity index (χ0n) is 22.0. The lowest BCUT2D eigenvalue weighted by Crippen LogP contribution is -2.31. The number of fused-ring (bicyclic) bond motifs is 1. The Morgan fingerprint density at radius 2 is 1.67 bits per heavy atom. The van der Waals surface area contributed by atoms with E-state index < -0.39 is 18.5 Å². The van der Waals surface area contributed by atoms with E-state index in [1.165, 1.54) is 16.8 Å². The van der Waals surface area contributed by atoms with Crippen LogP contribution < -0.4 is 4.74 Å². The number of aryl methyl sites for hydroxylation is 2. The lowest BCUT2D eigenvalue weighted by Gasteiger charge is -2.22. The number of ether oxygens (including phenoxy) is 2. The highest BCUT2D eigenvalue weighted by Crippen LogP contribution is 2.34. The molecule has 0 saturated carbocycles. The van der Waals surface area contributed by atoms with Gasteiger partial charge in [0.15, 0.2) is 11.8 Å². The largest absolute Gasteiger partial charge is 0.497 e. The molecule has 0 fully saturated rings. The third-order valence-corrected chi connectivity index (χ3v) is 7.21. The van der Waals surface area contributed by atoms with Gasteiger partial charge in [-0.3, -0.25) is 9.59 Å². The molecule has 0 bridgehead atoms. The van der Waals surface area contributed by atoms with Gasteiger partial charge in [0.1, 0.15) is 5.75 Å². The summed E-state index contributed by atoms with van der Waals surface area (Å²) in [6, 6.07) is 23.4. The summed E-state index contributed by atoms with van der Waals surface area (Å²) in [4.78, 5) is 34.4. The van der Waals surface area contributed by atoms with E-state index in [-0.39, 0.29) is 11.8 Å². The number of rotatable bonds is 8. The van der Waals surface area contributed by atoms with Gasteiger partial charge in [-0.2, -0.15) is 5.10 Å². The first-order valence-corrected chi connectivity index (χ1v) is 13.5. The molecule has 0 spiro atoms. The van der Waals surface area contributed by atoms with Crippen molar-refractivity contribution in [3.63, 3.8) is 0 Å². The van der Waals surface area contributed by atoms with Crippen LogP contribution in [0.3, 0.4) is 0 Å². The Labute approximate surface area is 231 Å². The van der Waals surface area contributed by atoms with Crippen molar-refractivity contribution in [1.82, 2.24) is 15.0 Å². The number of amides is 1. The fourth-order valence-corrected chi connectivity index (χ4v) is 5.25. The monoisotopic (exact) mass is 540 g/mol. The van der Waals surface area contributed by atoms with Gasteiger partial charge in [-0.25, -0.2) is 15.0 Å². The SMILES string of the molecule is COc1ccc([C@@H]2CC(c3ccc4ccccc4c3)=NN2C(=O)COC(=O)CSc2nc(C)cc(C)n2)cc1. The predicted octanol–water partition coefficient (Wildman–Crippen LogP) is 5.27. The molecule has 0 N–H and O–H groups in total. The van der Waals surface area contributed by atoms with Gasteiger partial charge < -0.3 is 9.47 Å². The van der Waals surface area contributed by atoms with Crippen LogP contribution in [0.5, 0.6) is 5.75 Å². The van der Waals surface area contributed by atoms with Crippen molar-refractivity contribution in [3.8, 4) is 5.75 Å². The maximum Gasteiger partial charge on any atom is 0.316 e. The smallest absolute Gasteiger partial charge is 0.316 e. The molecule has 0 aliphatic carbocycles. The summed E-state index contributed by atoms with van der Waals surface area (Å²) in [6.07, 6.45) is 0.532. The zero-order valence-corrected chi connectivity index (χ0v) is 22.8. The van der Waals surface area contributed by atoms with Crippen molar-refractivity contribution < 1.29 is 19.1 Å². The van der Waals surface area contributed by atoms with E-state index in [0.717, 1.165) is 44.7 Å². The average Bonchev–Trinajstić information content (AvgIpc) is 3.40. The molecule has 0 radical (unpaired) electrons. The minimum Gasteiger partial charge on any atom is -0.497 e.